The quantitative estimate of drug-likeness (QED) is 0.0342. The summed E-state index contributed by atoms with van der Waals surface area (Å²) in [5, 5.41) is 64.3. The topological polar surface area (TPSA) is 534 Å². The van der Waals surface area contributed by atoms with Crippen molar-refractivity contribution in [1.82, 2.24) is 83.4 Å². The van der Waals surface area contributed by atoms with Gasteiger partial charge in [0.05, 0.1) is 24.5 Å². The van der Waals surface area contributed by atoms with Crippen LogP contribution in [-0.4, -0.2) is 291 Å². The Morgan fingerprint density at radius 1 is 0.489 bits per heavy atom. The summed E-state index contributed by atoms with van der Waals surface area (Å²) in [5.41, 5.74) is 10.5. The lowest BCUT2D eigenvalue weighted by atomic mass is 9.99. The SMILES string of the molecule is CCNCCCC[C@H](NC(=O)CNC(=O)[C@@H]1CSCC(=O)N[C@@H](Cc2ccccc2)C(=O)N[C@@H](C(C)C)C(=O)N2CCC[C@H]2C(=O)N[C@@H]([C@@H](C)O)C(=O)N[C@@H]([C@@H](C)O)C(=O)N[C@@H](Cc2ccc(-c3ccccc3)cc2)C(=O)N(C)[C@@H](C)C(=O)N[C@@H](Cc2ccc(-c3ccccc3)cc2)C(=O)N(C)[C@@H](C)C(=O)N[C@@H](CCC(=O)O)C(=O)N[C@@H](C)C(=O)N2CCC[C@H]2C(=O)N1)C(N)=O. The number of nitrogens with zero attached hydrogens (tertiary/aromatic N) is 4. The molecule has 16 amide bonds. The monoisotopic (exact) mass is 1830 g/mol. The van der Waals surface area contributed by atoms with E-state index in [1.165, 1.54) is 46.7 Å². The summed E-state index contributed by atoms with van der Waals surface area (Å²) in [6.07, 6.45) is -3.52. The Kier molecular flexibility index (Phi) is 40.0. The van der Waals surface area contributed by atoms with Gasteiger partial charge in [0.1, 0.15) is 84.6 Å². The number of carbonyl (C=O) groups is 17. The first-order valence-electron chi connectivity index (χ1n) is 44.3. The minimum Gasteiger partial charge on any atom is -0.481 e. The van der Waals surface area contributed by atoms with Crippen molar-refractivity contribution in [3.05, 3.63) is 156 Å². The minimum atomic E-state index is -1.93. The van der Waals surface area contributed by atoms with Gasteiger partial charge in [-0.15, -0.1) is 11.8 Å². The maximum Gasteiger partial charge on any atom is 0.303 e. The first-order chi connectivity index (χ1) is 62.3. The van der Waals surface area contributed by atoms with E-state index in [1.807, 2.05) is 67.6 Å². The molecular formula is C93H125N17O20S. The smallest absolute Gasteiger partial charge is 0.303 e. The average molecular weight is 1830 g/mol. The maximum atomic E-state index is 15.3. The lowest BCUT2D eigenvalue weighted by molar-refractivity contribution is -0.145. The number of rotatable bonds is 25. The summed E-state index contributed by atoms with van der Waals surface area (Å²) in [4.78, 5) is 249. The highest BCUT2D eigenvalue weighted by molar-refractivity contribution is 8.00. The molecule has 8 rings (SSSR count). The first kappa shape index (κ1) is 104. The van der Waals surface area contributed by atoms with E-state index in [2.05, 4.69) is 63.8 Å². The van der Waals surface area contributed by atoms with Gasteiger partial charge in [-0.05, 0) is 144 Å². The Morgan fingerprint density at radius 3 is 1.41 bits per heavy atom. The van der Waals surface area contributed by atoms with E-state index in [4.69, 9.17) is 5.73 Å². The fourth-order valence-corrected chi connectivity index (χ4v) is 16.4. The molecule has 37 nitrogen and oxygen atoms in total. The lowest BCUT2D eigenvalue weighted by Crippen LogP contribution is -2.63. The molecule has 0 aromatic heterocycles. The predicted molar refractivity (Wildman–Crippen MR) is 487 cm³/mol. The van der Waals surface area contributed by atoms with Gasteiger partial charge in [0.25, 0.3) is 0 Å². The molecule has 0 spiro atoms. The number of primary amides is 1. The van der Waals surface area contributed by atoms with Gasteiger partial charge in [-0.1, -0.05) is 160 Å². The van der Waals surface area contributed by atoms with E-state index in [-0.39, 0.29) is 64.5 Å². The average Bonchev–Trinajstić information content (AvgIpc) is 1.66. The first-order valence-corrected chi connectivity index (χ1v) is 45.4. The number of amides is 16. The summed E-state index contributed by atoms with van der Waals surface area (Å²) >= 11 is 0.809. The van der Waals surface area contributed by atoms with Gasteiger partial charge in [0.15, 0.2) is 0 Å². The predicted octanol–water partition coefficient (Wildman–Crippen LogP) is 0.00270. The fourth-order valence-electron chi connectivity index (χ4n) is 15.5. The number of nitrogens with two attached hydrogens (primary N) is 1. The lowest BCUT2D eigenvalue weighted by Gasteiger charge is -2.33. The second-order valence-corrected chi connectivity index (χ2v) is 34.7. The van der Waals surface area contributed by atoms with Crippen molar-refractivity contribution in [1.29, 1.82) is 0 Å². The number of benzene rings is 5. The summed E-state index contributed by atoms with van der Waals surface area (Å²) in [5.74, 6) is -17.7. The zero-order valence-corrected chi connectivity index (χ0v) is 76.4. The number of hydrogen-bond acceptors (Lipinski definition) is 21. The molecule has 0 saturated carbocycles. The number of aliphatic hydroxyl groups is 2. The number of aliphatic hydroxyl groups excluding tert-OH is 2. The fraction of sp³-hybridized carbons (Fsp3) is 0.495. The van der Waals surface area contributed by atoms with Gasteiger partial charge in [-0.3, -0.25) is 81.5 Å². The molecule has 3 aliphatic rings. The highest BCUT2D eigenvalue weighted by atomic mass is 32.2. The van der Waals surface area contributed by atoms with Crippen LogP contribution in [0.2, 0.25) is 0 Å². The molecule has 131 heavy (non-hydrogen) atoms. The van der Waals surface area contributed by atoms with Gasteiger partial charge in [-0.2, -0.15) is 0 Å². The van der Waals surface area contributed by atoms with Crippen LogP contribution in [0, 0.1) is 5.92 Å². The van der Waals surface area contributed by atoms with Crippen molar-refractivity contribution < 1.29 is 96.8 Å². The number of unbranched alkanes of at least 4 members (excludes halogenated alkanes) is 1. The van der Waals surface area contributed by atoms with Gasteiger partial charge < -0.3 is 104 Å². The third-order valence-corrected chi connectivity index (χ3v) is 24.5. The van der Waals surface area contributed by atoms with E-state index in [0.717, 1.165) is 55.6 Å². The molecule has 5 aromatic rings. The molecule has 38 heteroatoms. The number of thioether (sulfide) groups is 1. The van der Waals surface area contributed by atoms with Crippen LogP contribution in [0.4, 0.5) is 0 Å². The van der Waals surface area contributed by atoms with Gasteiger partial charge in [0.2, 0.25) is 94.5 Å². The molecule has 0 radical (unpaired) electrons. The molecule has 3 aliphatic heterocycles. The number of carboxylic acids is 1. The maximum absolute atomic E-state index is 15.3. The molecular weight excluding hydrogens is 1710 g/mol. The molecule has 16 atom stereocenters. The number of likely N-dealkylation sites (N-methyl/N-ethyl adjacent to an activating group) is 2. The second-order valence-electron chi connectivity index (χ2n) is 33.7. The number of carboxylic acid groups (broad SMARTS) is 1. The van der Waals surface area contributed by atoms with E-state index >= 15 is 14.4 Å². The number of fused-ring (bicyclic) bond motifs is 2. The van der Waals surface area contributed by atoms with Crippen LogP contribution in [0.3, 0.4) is 0 Å². The van der Waals surface area contributed by atoms with Crippen molar-refractivity contribution in [3.8, 4) is 22.3 Å². The molecule has 0 unspecified atom stereocenters. The van der Waals surface area contributed by atoms with Crippen LogP contribution in [0.5, 0.6) is 0 Å². The van der Waals surface area contributed by atoms with Crippen LogP contribution in [0.25, 0.3) is 22.3 Å². The number of hydrogen-bond donors (Lipinski definition) is 16. The Morgan fingerprint density at radius 2 is 0.924 bits per heavy atom. The standard InChI is InChI=1S/C93H125N17O20S/c1-11-95-44-22-21-31-66(80(94)117)98-74(113)50-96-83(120)71-51-131-52-75(114)99-68(47-59-25-15-12-16-26-59)85(122)104-77(53(2)3)93(130)110-46-24-33-73(110)87(124)105-79(58(8)112)89(126)106-78(57(7)111)88(125)102-70(49-61-36-40-65(41-37-61)63-29-19-14-20-30-63)92(129)108(10)56(6)82(119)101-69(48-60-34-38-64(39-35-60)62-27-17-13-18-28-62)91(128)107(9)55(5)81(118)100-67(42-43-76(115)116)84(121)97-54(4)90(127)109-45-23-32-72(109)86(123)103-71/h12-20,25-30,34-41,53-58,66-73,77-79,95,111-112H,11,21-24,31-33,42-52H2,1-10H3,(H2,94,117)(H,96,120)(H,97,121)(H,98,113)(H,99,114)(H,100,118)(H,101,119)(H,102,125)(H,103,123)(H,104,122)(H,105,124)(H,106,126)(H,115,116)/t54-,55-,56-,57+,58+,66-,67-,68-,69-,70-,71-,72-,73-,77-,78-,79-/m0/s1. The van der Waals surface area contributed by atoms with Crippen LogP contribution >= 0.6 is 11.8 Å². The minimum absolute atomic E-state index is 0.0163. The van der Waals surface area contributed by atoms with Crippen molar-refractivity contribution >= 4 is 112 Å². The van der Waals surface area contributed by atoms with Gasteiger partial charge >= 0.3 is 5.97 Å². The normalized spacial score (nSPS) is 24.3. The van der Waals surface area contributed by atoms with Gasteiger partial charge in [-0.25, -0.2) is 0 Å². The molecule has 17 N–H and O–H groups in total. The molecule has 0 bridgehead atoms. The van der Waals surface area contributed by atoms with Crippen LogP contribution in [0.1, 0.15) is 130 Å². The zero-order valence-electron chi connectivity index (χ0n) is 75.6. The number of carbonyl (C=O) groups excluding carboxylic acids is 16. The molecule has 5 aromatic carbocycles. The van der Waals surface area contributed by atoms with Crippen molar-refractivity contribution in [3.63, 3.8) is 0 Å². The van der Waals surface area contributed by atoms with Gasteiger partial charge in [0, 0.05) is 58.6 Å². The number of aliphatic carboxylic acids is 1. The molecule has 3 heterocycles. The summed E-state index contributed by atoms with van der Waals surface area (Å²) in [6.45, 7) is 12.0. The Bertz CT molecular complexity index is 4810. The van der Waals surface area contributed by atoms with Crippen molar-refractivity contribution in [2.45, 2.75) is 229 Å². The summed E-state index contributed by atoms with van der Waals surface area (Å²) in [7, 11) is 2.51. The summed E-state index contributed by atoms with van der Waals surface area (Å²) < 4.78 is 0. The largest absolute Gasteiger partial charge is 0.481 e. The van der Waals surface area contributed by atoms with E-state index < -0.39 is 234 Å². The van der Waals surface area contributed by atoms with Crippen LogP contribution < -0.4 is 69.5 Å². The van der Waals surface area contributed by atoms with E-state index in [0.29, 0.717) is 42.6 Å². The van der Waals surface area contributed by atoms with E-state index in [1.54, 1.807) is 92.7 Å². The van der Waals surface area contributed by atoms with Crippen molar-refractivity contribution in [2.75, 3.05) is 58.3 Å². The third kappa shape index (κ3) is 30.5. The van der Waals surface area contributed by atoms with Crippen molar-refractivity contribution in [2.24, 2.45) is 11.7 Å². The molecule has 708 valence electrons. The molecule has 0 aliphatic carbocycles. The number of nitrogens with one attached hydrogen (secondary N) is 12. The Balaban J connectivity index is 1.14. The zero-order chi connectivity index (χ0) is 95.9. The Hall–Kier alpha value is -12.7. The highest BCUT2D eigenvalue weighted by Crippen LogP contribution is 2.27. The van der Waals surface area contributed by atoms with E-state index in [9.17, 15) is 82.4 Å². The van der Waals surface area contributed by atoms with Crippen LogP contribution in [-0.2, 0) is 101 Å². The molecule has 3 saturated heterocycles. The second kappa shape index (κ2) is 50.5. The summed E-state index contributed by atoms with van der Waals surface area (Å²) in [6, 6.07) is 19.9. The highest BCUT2D eigenvalue weighted by Gasteiger charge is 2.45. The van der Waals surface area contributed by atoms with Crippen LogP contribution in [0.15, 0.2) is 140 Å². The Labute approximate surface area is 766 Å². The molecule has 3 fully saturated rings. The third-order valence-electron chi connectivity index (χ3n) is 23.4.